The van der Waals surface area contributed by atoms with Crippen molar-refractivity contribution in [3.05, 3.63) is 57.8 Å². The van der Waals surface area contributed by atoms with Crippen LogP contribution in [0.2, 0.25) is 0 Å². The van der Waals surface area contributed by atoms with E-state index in [4.69, 9.17) is 10.5 Å². The number of hydrogen-bond acceptors (Lipinski definition) is 2. The third-order valence-corrected chi connectivity index (χ3v) is 3.44. The first kappa shape index (κ1) is 15.0. The minimum absolute atomic E-state index is 0.0147. The van der Waals surface area contributed by atoms with Gasteiger partial charge in [-0.3, -0.25) is 0 Å². The van der Waals surface area contributed by atoms with Gasteiger partial charge in [0.25, 0.3) is 0 Å². The van der Waals surface area contributed by atoms with Crippen LogP contribution in [0.15, 0.2) is 40.9 Å². The van der Waals surface area contributed by atoms with Crippen molar-refractivity contribution >= 4 is 15.9 Å². The molecule has 2 nitrogen and oxygen atoms in total. The van der Waals surface area contributed by atoms with E-state index in [1.165, 1.54) is 0 Å². The molecule has 0 spiro atoms. The SMILES string of the molecule is Cc1cccc(Oc2cc(Br)ccc2CC(C)N)c1F. The van der Waals surface area contributed by atoms with Crippen LogP contribution < -0.4 is 10.5 Å². The van der Waals surface area contributed by atoms with Crippen LogP contribution in [0, 0.1) is 12.7 Å². The van der Waals surface area contributed by atoms with Gasteiger partial charge in [-0.15, -0.1) is 0 Å². The summed E-state index contributed by atoms with van der Waals surface area (Å²) in [6.45, 7) is 3.64. The molecule has 0 heterocycles. The fourth-order valence-corrected chi connectivity index (χ4v) is 2.30. The lowest BCUT2D eigenvalue weighted by atomic mass is 10.1. The summed E-state index contributed by atoms with van der Waals surface area (Å²) in [6.07, 6.45) is 0.677. The summed E-state index contributed by atoms with van der Waals surface area (Å²) in [5, 5.41) is 0. The fraction of sp³-hybridized carbons (Fsp3) is 0.250. The highest BCUT2D eigenvalue weighted by Crippen LogP contribution is 2.31. The molecule has 20 heavy (non-hydrogen) atoms. The molecular formula is C16H17BrFNO. The standard InChI is InChI=1S/C16H17BrFNO/c1-10-4-3-5-14(16(10)18)20-15-9-13(17)7-6-12(15)8-11(2)19/h3-7,9,11H,8,19H2,1-2H3. The summed E-state index contributed by atoms with van der Waals surface area (Å²) >= 11 is 3.40. The number of nitrogens with two attached hydrogens (primary N) is 1. The maximum absolute atomic E-state index is 14.0. The Morgan fingerprint density at radius 2 is 2.00 bits per heavy atom. The molecule has 0 fully saturated rings. The summed E-state index contributed by atoms with van der Waals surface area (Å²) in [5.41, 5.74) is 7.36. The Kier molecular flexibility index (Phi) is 4.78. The van der Waals surface area contributed by atoms with E-state index >= 15 is 0 Å². The van der Waals surface area contributed by atoms with E-state index in [0.29, 0.717) is 17.7 Å². The fourth-order valence-electron chi connectivity index (χ4n) is 1.96. The molecule has 0 aliphatic rings. The van der Waals surface area contributed by atoms with Gasteiger partial charge in [-0.25, -0.2) is 4.39 Å². The van der Waals surface area contributed by atoms with Crippen LogP contribution in [0.3, 0.4) is 0 Å². The molecule has 2 N–H and O–H groups in total. The van der Waals surface area contributed by atoms with Gasteiger partial charge < -0.3 is 10.5 Å². The van der Waals surface area contributed by atoms with Crippen LogP contribution in [-0.4, -0.2) is 6.04 Å². The van der Waals surface area contributed by atoms with Gasteiger partial charge in [0.2, 0.25) is 0 Å². The van der Waals surface area contributed by atoms with E-state index in [2.05, 4.69) is 15.9 Å². The Bertz CT molecular complexity index is 613. The Labute approximate surface area is 126 Å². The lowest BCUT2D eigenvalue weighted by Gasteiger charge is -2.14. The second-order valence-electron chi connectivity index (χ2n) is 4.92. The zero-order valence-corrected chi connectivity index (χ0v) is 13.1. The van der Waals surface area contributed by atoms with E-state index in [1.807, 2.05) is 25.1 Å². The third-order valence-electron chi connectivity index (χ3n) is 2.95. The molecule has 0 aliphatic carbocycles. The molecule has 0 bridgehead atoms. The maximum atomic E-state index is 14.0. The van der Waals surface area contributed by atoms with Gasteiger partial charge in [-0.05, 0) is 49.6 Å². The maximum Gasteiger partial charge on any atom is 0.168 e. The van der Waals surface area contributed by atoms with Gasteiger partial charge in [0.15, 0.2) is 11.6 Å². The zero-order valence-electron chi connectivity index (χ0n) is 11.5. The molecule has 0 aromatic heterocycles. The highest BCUT2D eigenvalue weighted by Gasteiger charge is 2.11. The zero-order chi connectivity index (χ0) is 14.7. The van der Waals surface area contributed by atoms with Gasteiger partial charge in [0.1, 0.15) is 5.75 Å². The second kappa shape index (κ2) is 6.37. The van der Waals surface area contributed by atoms with Crippen molar-refractivity contribution in [2.45, 2.75) is 26.3 Å². The van der Waals surface area contributed by atoms with Crippen LogP contribution >= 0.6 is 15.9 Å². The molecule has 2 aromatic rings. The molecule has 1 atom stereocenters. The van der Waals surface area contributed by atoms with Crippen molar-refractivity contribution in [1.29, 1.82) is 0 Å². The first-order valence-corrected chi connectivity index (χ1v) is 7.23. The molecule has 2 rings (SSSR count). The Hall–Kier alpha value is -1.39. The van der Waals surface area contributed by atoms with Crippen LogP contribution in [0.1, 0.15) is 18.1 Å². The topological polar surface area (TPSA) is 35.2 Å². The van der Waals surface area contributed by atoms with E-state index in [0.717, 1.165) is 10.0 Å². The monoisotopic (exact) mass is 337 g/mol. The average Bonchev–Trinajstić information content (AvgIpc) is 2.38. The largest absolute Gasteiger partial charge is 0.454 e. The number of hydrogen-bond donors (Lipinski definition) is 1. The predicted molar refractivity (Wildman–Crippen MR) is 82.7 cm³/mol. The van der Waals surface area contributed by atoms with Gasteiger partial charge in [-0.2, -0.15) is 0 Å². The minimum atomic E-state index is -0.334. The quantitative estimate of drug-likeness (QED) is 0.886. The number of halogens is 2. The van der Waals surface area contributed by atoms with Gasteiger partial charge in [-0.1, -0.05) is 34.1 Å². The highest BCUT2D eigenvalue weighted by atomic mass is 79.9. The van der Waals surface area contributed by atoms with Crippen molar-refractivity contribution < 1.29 is 9.13 Å². The number of benzene rings is 2. The van der Waals surface area contributed by atoms with E-state index in [-0.39, 0.29) is 17.6 Å². The Balaban J connectivity index is 2.36. The van der Waals surface area contributed by atoms with Crippen molar-refractivity contribution in [1.82, 2.24) is 0 Å². The van der Waals surface area contributed by atoms with Crippen molar-refractivity contribution in [3.8, 4) is 11.5 Å². The third kappa shape index (κ3) is 3.58. The van der Waals surface area contributed by atoms with Crippen molar-refractivity contribution in [3.63, 3.8) is 0 Å². The van der Waals surface area contributed by atoms with Crippen molar-refractivity contribution in [2.24, 2.45) is 5.73 Å². The predicted octanol–water partition coefficient (Wildman–Crippen LogP) is 4.58. The molecule has 1 unspecified atom stereocenters. The highest BCUT2D eigenvalue weighted by molar-refractivity contribution is 9.10. The average molecular weight is 338 g/mol. The van der Waals surface area contributed by atoms with E-state index < -0.39 is 0 Å². The van der Waals surface area contributed by atoms with Crippen molar-refractivity contribution in [2.75, 3.05) is 0 Å². The normalized spacial score (nSPS) is 12.2. The molecule has 0 radical (unpaired) electrons. The molecule has 0 aliphatic heterocycles. The van der Waals surface area contributed by atoms with Crippen LogP contribution in [0.4, 0.5) is 4.39 Å². The van der Waals surface area contributed by atoms with Crippen LogP contribution in [0.5, 0.6) is 11.5 Å². The van der Waals surface area contributed by atoms with E-state index in [9.17, 15) is 4.39 Å². The van der Waals surface area contributed by atoms with Gasteiger partial charge in [0, 0.05) is 10.5 Å². The summed E-state index contributed by atoms with van der Waals surface area (Å²) in [7, 11) is 0. The van der Waals surface area contributed by atoms with Crippen LogP contribution in [-0.2, 0) is 6.42 Å². The Morgan fingerprint density at radius 1 is 1.25 bits per heavy atom. The molecule has 106 valence electrons. The van der Waals surface area contributed by atoms with Gasteiger partial charge >= 0.3 is 0 Å². The number of ether oxygens (including phenoxy) is 1. The first-order chi connectivity index (χ1) is 9.47. The lowest BCUT2D eigenvalue weighted by Crippen LogP contribution is -2.18. The summed E-state index contributed by atoms with van der Waals surface area (Å²) in [5.74, 6) is 0.523. The Morgan fingerprint density at radius 3 is 2.70 bits per heavy atom. The summed E-state index contributed by atoms with van der Waals surface area (Å²) in [6, 6.07) is 10.8. The van der Waals surface area contributed by atoms with Crippen LogP contribution in [0.25, 0.3) is 0 Å². The minimum Gasteiger partial charge on any atom is -0.454 e. The molecule has 0 saturated heterocycles. The summed E-state index contributed by atoms with van der Waals surface area (Å²) < 4.78 is 20.6. The molecule has 4 heteroatoms. The molecular weight excluding hydrogens is 321 g/mol. The number of aryl methyl sites for hydroxylation is 1. The lowest BCUT2D eigenvalue weighted by molar-refractivity contribution is 0.434. The second-order valence-corrected chi connectivity index (χ2v) is 5.84. The molecule has 0 saturated carbocycles. The molecule has 0 amide bonds. The molecule has 2 aromatic carbocycles. The smallest absolute Gasteiger partial charge is 0.168 e. The number of rotatable bonds is 4. The first-order valence-electron chi connectivity index (χ1n) is 6.44. The van der Waals surface area contributed by atoms with E-state index in [1.54, 1.807) is 25.1 Å². The summed E-state index contributed by atoms with van der Waals surface area (Å²) in [4.78, 5) is 0. The van der Waals surface area contributed by atoms with Gasteiger partial charge in [0.05, 0.1) is 0 Å².